The molecule has 0 unspecified atom stereocenters. The molecule has 0 aromatic carbocycles. The van der Waals surface area contributed by atoms with Crippen LogP contribution in [0.4, 0.5) is 8.78 Å². The van der Waals surface area contributed by atoms with Crippen molar-refractivity contribution in [1.29, 1.82) is 0 Å². The molecule has 0 spiro atoms. The minimum absolute atomic E-state index is 0.0245. The average molecular weight is 268 g/mol. The highest BCUT2D eigenvalue weighted by Crippen LogP contribution is 2.29. The number of hydrogen-bond acceptors (Lipinski definition) is 2. The second-order valence-electron chi connectivity index (χ2n) is 2.54. The van der Waals surface area contributed by atoms with Crippen molar-refractivity contribution in [3.63, 3.8) is 0 Å². The maximum atomic E-state index is 12.4. The molecule has 0 radical (unpaired) electrons. The Kier molecular flexibility index (Phi) is 3.62. The largest absolute Gasteiger partial charge is 0.494 e. The summed E-state index contributed by atoms with van der Waals surface area (Å²) in [6.45, 7) is 0. The second-order valence-corrected chi connectivity index (χ2v) is 3.10. The summed E-state index contributed by atoms with van der Waals surface area (Å²) in [7, 11) is 1.28. The molecule has 78 valence electrons. The van der Waals surface area contributed by atoms with E-state index >= 15 is 0 Å². The average Bonchev–Trinajstić information content (AvgIpc) is 2.16. The standard InChI is InChI=1S/C8H8BrF2NO2/c1-14-7-4(3-9)2-5(13)12-6(7)8(10)11/h2,8H,3H2,1H3,(H,12,13). The molecule has 6 heteroatoms. The molecule has 0 fully saturated rings. The highest BCUT2D eigenvalue weighted by molar-refractivity contribution is 9.08. The Morgan fingerprint density at radius 2 is 2.29 bits per heavy atom. The van der Waals surface area contributed by atoms with Crippen molar-refractivity contribution < 1.29 is 13.5 Å². The number of pyridine rings is 1. The molecule has 1 N–H and O–H groups in total. The molecule has 0 atom stereocenters. The fourth-order valence-corrected chi connectivity index (χ4v) is 1.53. The molecular formula is C8H8BrF2NO2. The van der Waals surface area contributed by atoms with Gasteiger partial charge in [0.2, 0.25) is 5.56 Å². The van der Waals surface area contributed by atoms with E-state index < -0.39 is 17.7 Å². The van der Waals surface area contributed by atoms with Gasteiger partial charge in [-0.25, -0.2) is 8.78 Å². The van der Waals surface area contributed by atoms with Crippen LogP contribution in [0.3, 0.4) is 0 Å². The normalized spacial score (nSPS) is 10.6. The zero-order valence-electron chi connectivity index (χ0n) is 7.31. The highest BCUT2D eigenvalue weighted by Gasteiger charge is 2.18. The molecule has 14 heavy (non-hydrogen) atoms. The second kappa shape index (κ2) is 4.54. The van der Waals surface area contributed by atoms with Gasteiger partial charge in [-0.05, 0) is 0 Å². The zero-order valence-corrected chi connectivity index (χ0v) is 8.90. The topological polar surface area (TPSA) is 42.1 Å². The number of halogens is 3. The summed E-state index contributed by atoms with van der Waals surface area (Å²) in [5.41, 5.74) is -0.628. The summed E-state index contributed by atoms with van der Waals surface area (Å²) in [5, 5.41) is 0.291. The Hall–Kier alpha value is -0.910. The van der Waals surface area contributed by atoms with Gasteiger partial charge in [-0.15, -0.1) is 0 Å². The fraction of sp³-hybridized carbons (Fsp3) is 0.375. The van der Waals surface area contributed by atoms with E-state index in [-0.39, 0.29) is 5.75 Å². The van der Waals surface area contributed by atoms with E-state index in [0.717, 1.165) is 0 Å². The lowest BCUT2D eigenvalue weighted by Gasteiger charge is -2.10. The summed E-state index contributed by atoms with van der Waals surface area (Å²) < 4.78 is 29.7. The third kappa shape index (κ3) is 2.12. The predicted molar refractivity (Wildman–Crippen MR) is 51.2 cm³/mol. The lowest BCUT2D eigenvalue weighted by atomic mass is 10.2. The number of hydrogen-bond donors (Lipinski definition) is 1. The van der Waals surface area contributed by atoms with Crippen LogP contribution in [0, 0.1) is 0 Å². The number of nitrogens with one attached hydrogen (secondary N) is 1. The van der Waals surface area contributed by atoms with Gasteiger partial charge in [0.15, 0.2) is 0 Å². The lowest BCUT2D eigenvalue weighted by Crippen LogP contribution is -2.12. The van der Waals surface area contributed by atoms with E-state index in [4.69, 9.17) is 4.74 Å². The molecule has 0 bridgehead atoms. The first-order valence-electron chi connectivity index (χ1n) is 3.74. The lowest BCUT2D eigenvalue weighted by molar-refractivity contribution is 0.141. The molecule has 0 aliphatic carbocycles. The predicted octanol–water partition coefficient (Wildman–Crippen LogP) is 2.22. The number of rotatable bonds is 3. The maximum absolute atomic E-state index is 12.4. The molecular weight excluding hydrogens is 260 g/mol. The molecule has 1 rings (SSSR count). The third-order valence-electron chi connectivity index (χ3n) is 1.67. The van der Waals surface area contributed by atoms with E-state index in [9.17, 15) is 13.6 Å². The number of aromatic amines is 1. The Bertz CT molecular complexity index is 378. The van der Waals surface area contributed by atoms with Gasteiger partial charge in [0.1, 0.15) is 11.4 Å². The van der Waals surface area contributed by atoms with Gasteiger partial charge in [-0.1, -0.05) is 15.9 Å². The van der Waals surface area contributed by atoms with Crippen LogP contribution in [-0.2, 0) is 5.33 Å². The van der Waals surface area contributed by atoms with E-state index in [1.165, 1.54) is 13.2 Å². The van der Waals surface area contributed by atoms with E-state index in [1.54, 1.807) is 0 Å². The van der Waals surface area contributed by atoms with E-state index in [0.29, 0.717) is 10.9 Å². The molecule has 0 aliphatic heterocycles. The van der Waals surface area contributed by atoms with Crippen LogP contribution in [0.15, 0.2) is 10.9 Å². The number of alkyl halides is 3. The molecule has 3 nitrogen and oxygen atoms in total. The van der Waals surface area contributed by atoms with Gasteiger partial charge in [0.05, 0.1) is 7.11 Å². The van der Waals surface area contributed by atoms with Gasteiger partial charge in [-0.3, -0.25) is 4.79 Å². The molecule has 0 saturated heterocycles. The van der Waals surface area contributed by atoms with Crippen LogP contribution in [0.5, 0.6) is 5.75 Å². The van der Waals surface area contributed by atoms with Crippen molar-refractivity contribution in [3.8, 4) is 5.75 Å². The first kappa shape index (κ1) is 11.2. The molecule has 0 aliphatic rings. The summed E-state index contributed by atoms with van der Waals surface area (Å²) >= 11 is 3.09. The van der Waals surface area contributed by atoms with Crippen LogP contribution < -0.4 is 10.3 Å². The Labute approximate surface area is 87.2 Å². The third-order valence-corrected chi connectivity index (χ3v) is 2.27. The van der Waals surface area contributed by atoms with Crippen LogP contribution in [0.2, 0.25) is 0 Å². The van der Waals surface area contributed by atoms with E-state index in [1.807, 2.05) is 4.98 Å². The van der Waals surface area contributed by atoms with Gasteiger partial charge < -0.3 is 9.72 Å². The summed E-state index contributed by atoms with van der Waals surface area (Å²) in [6, 6.07) is 1.22. The quantitative estimate of drug-likeness (QED) is 0.854. The number of methoxy groups -OCH3 is 1. The number of ether oxygens (including phenoxy) is 1. The van der Waals surface area contributed by atoms with Crippen molar-refractivity contribution in [3.05, 3.63) is 27.7 Å². The molecule has 0 saturated carbocycles. The maximum Gasteiger partial charge on any atom is 0.282 e. The van der Waals surface area contributed by atoms with Crippen molar-refractivity contribution in [2.24, 2.45) is 0 Å². The Morgan fingerprint density at radius 1 is 1.64 bits per heavy atom. The molecule has 1 aromatic heterocycles. The van der Waals surface area contributed by atoms with Gasteiger partial charge >= 0.3 is 0 Å². The van der Waals surface area contributed by atoms with Crippen LogP contribution in [-0.4, -0.2) is 12.1 Å². The van der Waals surface area contributed by atoms with Gasteiger partial charge in [0, 0.05) is 17.0 Å². The van der Waals surface area contributed by atoms with Crippen LogP contribution in [0.25, 0.3) is 0 Å². The highest BCUT2D eigenvalue weighted by atomic mass is 79.9. The Morgan fingerprint density at radius 3 is 2.71 bits per heavy atom. The van der Waals surface area contributed by atoms with E-state index in [2.05, 4.69) is 15.9 Å². The first-order valence-corrected chi connectivity index (χ1v) is 4.86. The molecule has 1 heterocycles. The smallest absolute Gasteiger partial charge is 0.282 e. The Balaban J connectivity index is 3.39. The van der Waals surface area contributed by atoms with Crippen molar-refractivity contribution in [2.75, 3.05) is 7.11 Å². The number of aromatic nitrogens is 1. The van der Waals surface area contributed by atoms with Crippen molar-refractivity contribution >= 4 is 15.9 Å². The van der Waals surface area contributed by atoms with Gasteiger partial charge in [0.25, 0.3) is 6.43 Å². The minimum atomic E-state index is -2.75. The minimum Gasteiger partial charge on any atom is -0.494 e. The fourth-order valence-electron chi connectivity index (χ4n) is 1.12. The van der Waals surface area contributed by atoms with Gasteiger partial charge in [-0.2, -0.15) is 0 Å². The number of H-pyrrole nitrogens is 1. The summed E-state index contributed by atoms with van der Waals surface area (Å²) in [4.78, 5) is 13.0. The summed E-state index contributed by atoms with van der Waals surface area (Å²) in [5.74, 6) is 0.0245. The van der Waals surface area contributed by atoms with Crippen molar-refractivity contribution in [2.45, 2.75) is 11.8 Å². The van der Waals surface area contributed by atoms with Crippen LogP contribution in [0.1, 0.15) is 17.7 Å². The molecule has 0 amide bonds. The monoisotopic (exact) mass is 267 g/mol. The van der Waals surface area contributed by atoms with Crippen LogP contribution >= 0.6 is 15.9 Å². The summed E-state index contributed by atoms with van der Waals surface area (Å²) in [6.07, 6.45) is -2.75. The van der Waals surface area contributed by atoms with Crippen molar-refractivity contribution in [1.82, 2.24) is 4.98 Å². The molecule has 1 aromatic rings. The zero-order chi connectivity index (χ0) is 10.7. The SMILES string of the molecule is COc1c(CBr)cc(=O)[nH]c1C(F)F. The first-order chi connectivity index (χ1) is 6.60.